The van der Waals surface area contributed by atoms with E-state index in [1.807, 2.05) is 6.92 Å². The smallest absolute Gasteiger partial charge is 0.267 e. The third-order valence-electron chi connectivity index (χ3n) is 4.10. The quantitative estimate of drug-likeness (QED) is 0.747. The average Bonchev–Trinajstić information content (AvgIpc) is 2.81. The van der Waals surface area contributed by atoms with Crippen LogP contribution in [0.3, 0.4) is 0 Å². The Morgan fingerprint density at radius 3 is 2.86 bits per heavy atom. The van der Waals surface area contributed by atoms with E-state index in [4.69, 9.17) is 9.57 Å². The third kappa shape index (κ3) is 4.68. The molecule has 2 heterocycles. The van der Waals surface area contributed by atoms with Crippen molar-refractivity contribution in [3.05, 3.63) is 0 Å². The van der Waals surface area contributed by atoms with Gasteiger partial charge in [-0.1, -0.05) is 5.16 Å². The Morgan fingerprint density at radius 2 is 2.24 bits per heavy atom. The van der Waals surface area contributed by atoms with Crippen LogP contribution in [-0.4, -0.2) is 61.5 Å². The number of carbonyl (C=O) groups excluding carboxylic acids is 1. The van der Waals surface area contributed by atoms with E-state index in [2.05, 4.69) is 22.4 Å². The van der Waals surface area contributed by atoms with Gasteiger partial charge in [-0.2, -0.15) is 0 Å². The first-order valence-corrected chi connectivity index (χ1v) is 7.80. The molecule has 6 heteroatoms. The third-order valence-corrected chi connectivity index (χ3v) is 4.10. The Balaban J connectivity index is 1.55. The Hall–Kier alpha value is -1.14. The molecule has 0 aromatic heterocycles. The highest BCUT2D eigenvalue weighted by atomic mass is 16.7. The number of oxime groups is 1. The Bertz CT molecular complexity index is 392. The molecule has 2 rings (SSSR count). The predicted octanol–water partition coefficient (Wildman–Crippen LogP) is 1.16. The second kappa shape index (κ2) is 7.22. The number of ether oxygens (including phenoxy) is 1. The number of rotatable bonds is 6. The van der Waals surface area contributed by atoms with E-state index >= 15 is 0 Å². The molecule has 0 spiro atoms. The number of piperidine rings is 1. The molecule has 1 atom stereocenters. The van der Waals surface area contributed by atoms with Crippen molar-refractivity contribution in [3.8, 4) is 0 Å². The van der Waals surface area contributed by atoms with E-state index in [-0.39, 0.29) is 5.91 Å². The van der Waals surface area contributed by atoms with Gasteiger partial charge in [0.25, 0.3) is 5.91 Å². The molecule has 0 unspecified atom stereocenters. The molecule has 6 nitrogen and oxygen atoms in total. The molecule has 0 radical (unpaired) electrons. The van der Waals surface area contributed by atoms with Gasteiger partial charge >= 0.3 is 0 Å². The number of carbonyl (C=O) groups is 1. The number of nitrogens with one attached hydrogen (secondary N) is 1. The van der Waals surface area contributed by atoms with Crippen LogP contribution in [0.25, 0.3) is 0 Å². The number of nitrogens with zero attached hydrogens (tertiary/aromatic N) is 2. The average molecular weight is 297 g/mol. The standard InChI is InChI=1S/C15H27N3O3/c1-12-11-15(2,21-17-12)14(19)16-7-4-10-20-13-5-8-18(3)9-6-13/h13H,4-11H2,1-3H3,(H,16,19)/t15-/m0/s1. The van der Waals surface area contributed by atoms with Gasteiger partial charge in [-0.25, -0.2) is 0 Å². The highest BCUT2D eigenvalue weighted by Crippen LogP contribution is 2.23. The molecular formula is C15H27N3O3. The molecule has 1 N–H and O–H groups in total. The van der Waals surface area contributed by atoms with Gasteiger partial charge in [0.2, 0.25) is 5.60 Å². The van der Waals surface area contributed by atoms with Crippen molar-refractivity contribution in [1.29, 1.82) is 0 Å². The summed E-state index contributed by atoms with van der Waals surface area (Å²) < 4.78 is 5.85. The minimum Gasteiger partial charge on any atom is -0.379 e. The van der Waals surface area contributed by atoms with Crippen LogP contribution >= 0.6 is 0 Å². The van der Waals surface area contributed by atoms with Crippen LogP contribution in [0.5, 0.6) is 0 Å². The van der Waals surface area contributed by atoms with E-state index in [0.717, 1.165) is 38.1 Å². The molecule has 120 valence electrons. The summed E-state index contributed by atoms with van der Waals surface area (Å²) in [4.78, 5) is 19.6. The zero-order valence-corrected chi connectivity index (χ0v) is 13.4. The largest absolute Gasteiger partial charge is 0.379 e. The van der Waals surface area contributed by atoms with Crippen molar-refractivity contribution in [1.82, 2.24) is 10.2 Å². The lowest BCUT2D eigenvalue weighted by Gasteiger charge is -2.29. The molecular weight excluding hydrogens is 270 g/mol. The monoisotopic (exact) mass is 297 g/mol. The number of likely N-dealkylation sites (tertiary alicyclic amines) is 1. The normalized spacial score (nSPS) is 27.3. The van der Waals surface area contributed by atoms with Crippen LogP contribution in [0.15, 0.2) is 5.16 Å². The molecule has 2 aliphatic rings. The first-order chi connectivity index (χ1) is 9.99. The highest BCUT2D eigenvalue weighted by molar-refractivity contribution is 5.94. The summed E-state index contributed by atoms with van der Waals surface area (Å²) in [6, 6.07) is 0. The molecule has 2 aliphatic heterocycles. The fraction of sp³-hybridized carbons (Fsp3) is 0.867. The number of hydrogen-bond donors (Lipinski definition) is 1. The van der Waals surface area contributed by atoms with Crippen molar-refractivity contribution < 1.29 is 14.4 Å². The second-order valence-corrected chi connectivity index (χ2v) is 6.31. The van der Waals surface area contributed by atoms with Gasteiger partial charge in [-0.05, 0) is 40.2 Å². The fourth-order valence-corrected chi connectivity index (χ4v) is 2.72. The number of hydrogen-bond acceptors (Lipinski definition) is 5. The first kappa shape index (κ1) is 16.2. The van der Waals surface area contributed by atoms with Crippen molar-refractivity contribution in [3.63, 3.8) is 0 Å². The van der Waals surface area contributed by atoms with Gasteiger partial charge in [0.15, 0.2) is 0 Å². The molecule has 0 aliphatic carbocycles. The Labute approximate surface area is 126 Å². The lowest BCUT2D eigenvalue weighted by molar-refractivity contribution is -0.141. The Morgan fingerprint density at radius 1 is 1.52 bits per heavy atom. The summed E-state index contributed by atoms with van der Waals surface area (Å²) in [5, 5.41) is 6.75. The van der Waals surface area contributed by atoms with Gasteiger partial charge in [0.1, 0.15) is 0 Å². The van der Waals surface area contributed by atoms with Gasteiger partial charge in [0.05, 0.1) is 11.8 Å². The molecule has 1 saturated heterocycles. The molecule has 1 fully saturated rings. The van der Waals surface area contributed by atoms with Crippen molar-refractivity contribution in [2.45, 2.75) is 51.2 Å². The van der Waals surface area contributed by atoms with Crippen LogP contribution in [0.1, 0.15) is 39.5 Å². The van der Waals surface area contributed by atoms with E-state index < -0.39 is 5.60 Å². The van der Waals surface area contributed by atoms with E-state index in [9.17, 15) is 4.79 Å². The highest BCUT2D eigenvalue weighted by Gasteiger charge is 2.40. The first-order valence-electron chi connectivity index (χ1n) is 7.80. The van der Waals surface area contributed by atoms with E-state index in [1.165, 1.54) is 0 Å². The number of amides is 1. The van der Waals surface area contributed by atoms with E-state index in [1.54, 1.807) is 6.92 Å². The molecule has 0 aromatic carbocycles. The SMILES string of the molecule is CC1=NO[C@](C)(C(=O)NCCCOC2CCN(C)CC2)C1. The molecule has 1 amide bonds. The molecule has 21 heavy (non-hydrogen) atoms. The predicted molar refractivity (Wildman–Crippen MR) is 81.3 cm³/mol. The van der Waals surface area contributed by atoms with Gasteiger partial charge < -0.3 is 19.8 Å². The lowest BCUT2D eigenvalue weighted by Crippen LogP contribution is -2.45. The zero-order chi connectivity index (χ0) is 15.3. The summed E-state index contributed by atoms with van der Waals surface area (Å²) in [7, 11) is 2.14. The van der Waals surface area contributed by atoms with Crippen molar-refractivity contribution in [2.24, 2.45) is 5.16 Å². The van der Waals surface area contributed by atoms with Gasteiger partial charge in [-0.3, -0.25) is 4.79 Å². The Kier molecular flexibility index (Phi) is 5.58. The van der Waals surface area contributed by atoms with Gasteiger partial charge in [-0.15, -0.1) is 0 Å². The maximum absolute atomic E-state index is 12.1. The van der Waals surface area contributed by atoms with Crippen LogP contribution in [-0.2, 0) is 14.4 Å². The lowest BCUT2D eigenvalue weighted by atomic mass is 9.99. The topological polar surface area (TPSA) is 63.2 Å². The maximum atomic E-state index is 12.1. The molecule has 0 aromatic rings. The summed E-state index contributed by atoms with van der Waals surface area (Å²) in [6.45, 7) is 7.17. The van der Waals surface area contributed by atoms with Crippen LogP contribution in [0, 0.1) is 0 Å². The van der Waals surface area contributed by atoms with Crippen LogP contribution < -0.4 is 5.32 Å². The van der Waals surface area contributed by atoms with Crippen molar-refractivity contribution in [2.75, 3.05) is 33.3 Å². The van der Waals surface area contributed by atoms with Crippen molar-refractivity contribution >= 4 is 11.6 Å². The second-order valence-electron chi connectivity index (χ2n) is 6.31. The summed E-state index contributed by atoms with van der Waals surface area (Å²) in [5.74, 6) is -0.0950. The van der Waals surface area contributed by atoms with Crippen LogP contribution in [0.2, 0.25) is 0 Å². The summed E-state index contributed by atoms with van der Waals surface area (Å²) in [6.07, 6.45) is 3.97. The summed E-state index contributed by atoms with van der Waals surface area (Å²) in [5.41, 5.74) is 0.0251. The van der Waals surface area contributed by atoms with Crippen LogP contribution in [0.4, 0.5) is 0 Å². The fourth-order valence-electron chi connectivity index (χ4n) is 2.72. The van der Waals surface area contributed by atoms with Gasteiger partial charge in [0, 0.05) is 32.7 Å². The zero-order valence-electron chi connectivity index (χ0n) is 13.4. The summed E-state index contributed by atoms with van der Waals surface area (Å²) >= 11 is 0. The maximum Gasteiger partial charge on any atom is 0.267 e. The van der Waals surface area contributed by atoms with E-state index in [0.29, 0.717) is 25.7 Å². The minimum absolute atomic E-state index is 0.0950. The molecule has 0 bridgehead atoms. The minimum atomic E-state index is -0.834. The molecule has 0 saturated carbocycles.